The highest BCUT2D eigenvalue weighted by molar-refractivity contribution is 5.72. The monoisotopic (exact) mass is 380 g/mol. The minimum Gasteiger partial charge on any atom is -0.356 e. The predicted molar refractivity (Wildman–Crippen MR) is 112 cm³/mol. The standard InChI is InChI=1S/C23H32N4O/c1-17-14-18(2)21(26-15-17)16-27(13-5-4-11-24-19(3)28)22-10-6-8-20-9-7-12-25-23(20)22/h7,9,12,14-15,22H,4-6,8,10-11,13,16H2,1-3H3,(H,24,28). The second-order valence-electron chi connectivity index (χ2n) is 7.89. The number of carbonyl (C=O) groups is 1. The lowest BCUT2D eigenvalue weighted by Crippen LogP contribution is -2.33. The van der Waals surface area contributed by atoms with Crippen molar-refractivity contribution in [3.05, 3.63) is 58.7 Å². The molecular weight excluding hydrogens is 348 g/mol. The molecule has 28 heavy (non-hydrogen) atoms. The molecule has 0 saturated heterocycles. The molecule has 0 aliphatic heterocycles. The van der Waals surface area contributed by atoms with Gasteiger partial charge in [-0.2, -0.15) is 0 Å². The molecule has 150 valence electrons. The van der Waals surface area contributed by atoms with Crippen LogP contribution in [-0.2, 0) is 17.8 Å². The Hall–Kier alpha value is -2.27. The van der Waals surface area contributed by atoms with Gasteiger partial charge in [0, 0.05) is 32.4 Å². The Labute approximate surface area is 168 Å². The van der Waals surface area contributed by atoms with Gasteiger partial charge in [-0.05, 0) is 75.3 Å². The molecule has 1 aliphatic carbocycles. The number of nitrogens with zero attached hydrogens (tertiary/aromatic N) is 3. The van der Waals surface area contributed by atoms with E-state index >= 15 is 0 Å². The van der Waals surface area contributed by atoms with Crippen molar-refractivity contribution >= 4 is 5.91 Å². The molecule has 1 unspecified atom stereocenters. The number of fused-ring (bicyclic) bond motifs is 1. The fourth-order valence-corrected chi connectivity index (χ4v) is 4.09. The fourth-order valence-electron chi connectivity index (χ4n) is 4.09. The Morgan fingerprint density at radius 3 is 2.93 bits per heavy atom. The molecule has 0 fully saturated rings. The van der Waals surface area contributed by atoms with Crippen LogP contribution in [0, 0.1) is 13.8 Å². The summed E-state index contributed by atoms with van der Waals surface area (Å²) in [5, 5.41) is 2.90. The quantitative estimate of drug-likeness (QED) is 0.706. The summed E-state index contributed by atoms with van der Waals surface area (Å²) >= 11 is 0. The molecule has 2 aromatic heterocycles. The molecule has 5 nitrogen and oxygen atoms in total. The van der Waals surface area contributed by atoms with Gasteiger partial charge in [0.05, 0.1) is 17.4 Å². The van der Waals surface area contributed by atoms with Crippen LogP contribution < -0.4 is 5.32 Å². The summed E-state index contributed by atoms with van der Waals surface area (Å²) in [6, 6.07) is 6.82. The summed E-state index contributed by atoms with van der Waals surface area (Å²) in [5.74, 6) is 0.0433. The van der Waals surface area contributed by atoms with E-state index in [9.17, 15) is 4.79 Å². The number of rotatable bonds is 8. The molecule has 0 aromatic carbocycles. The SMILES string of the molecule is CC(=O)NCCCCN(Cc1ncc(C)cc1C)C1CCCc2cccnc21. The third kappa shape index (κ3) is 5.38. The minimum atomic E-state index is 0.0433. The van der Waals surface area contributed by atoms with Gasteiger partial charge >= 0.3 is 0 Å². The number of nitrogens with one attached hydrogen (secondary N) is 1. The lowest BCUT2D eigenvalue weighted by atomic mass is 9.90. The molecule has 3 rings (SSSR count). The Bertz CT molecular complexity index is 805. The fraction of sp³-hybridized carbons (Fsp3) is 0.522. The summed E-state index contributed by atoms with van der Waals surface area (Å²) in [6.45, 7) is 8.37. The first-order valence-electron chi connectivity index (χ1n) is 10.4. The molecule has 0 spiro atoms. The summed E-state index contributed by atoms with van der Waals surface area (Å²) in [4.78, 5) is 23.1. The number of amides is 1. The van der Waals surface area contributed by atoms with Crippen LogP contribution in [0.15, 0.2) is 30.6 Å². The van der Waals surface area contributed by atoms with Gasteiger partial charge in [0.15, 0.2) is 0 Å². The zero-order valence-corrected chi connectivity index (χ0v) is 17.4. The van der Waals surface area contributed by atoms with Crippen molar-refractivity contribution in [1.82, 2.24) is 20.2 Å². The van der Waals surface area contributed by atoms with E-state index < -0.39 is 0 Å². The molecule has 2 heterocycles. The highest BCUT2D eigenvalue weighted by atomic mass is 16.1. The molecule has 1 atom stereocenters. The van der Waals surface area contributed by atoms with Crippen LogP contribution >= 0.6 is 0 Å². The van der Waals surface area contributed by atoms with Gasteiger partial charge in [-0.1, -0.05) is 12.1 Å². The maximum atomic E-state index is 11.1. The van der Waals surface area contributed by atoms with Crippen molar-refractivity contribution in [3.63, 3.8) is 0 Å². The number of aryl methyl sites for hydroxylation is 3. The van der Waals surface area contributed by atoms with Gasteiger partial charge in [0.2, 0.25) is 5.91 Å². The van der Waals surface area contributed by atoms with Gasteiger partial charge in [-0.3, -0.25) is 19.7 Å². The third-order valence-electron chi connectivity index (χ3n) is 5.53. The first-order chi connectivity index (χ1) is 13.5. The van der Waals surface area contributed by atoms with Gasteiger partial charge in [-0.25, -0.2) is 0 Å². The highest BCUT2D eigenvalue weighted by Crippen LogP contribution is 2.34. The second-order valence-corrected chi connectivity index (χ2v) is 7.89. The Balaban J connectivity index is 1.75. The van der Waals surface area contributed by atoms with E-state index in [0.717, 1.165) is 51.0 Å². The van der Waals surface area contributed by atoms with E-state index in [1.54, 1.807) is 6.92 Å². The topological polar surface area (TPSA) is 58.1 Å². The number of aromatic nitrogens is 2. The molecule has 0 saturated carbocycles. The molecule has 1 amide bonds. The molecule has 0 radical (unpaired) electrons. The summed E-state index contributed by atoms with van der Waals surface area (Å²) in [5.41, 5.74) is 6.22. The number of unbranched alkanes of at least 4 members (excludes halogenated alkanes) is 1. The Kier molecular flexibility index (Phi) is 7.15. The van der Waals surface area contributed by atoms with Crippen LogP contribution in [0.2, 0.25) is 0 Å². The van der Waals surface area contributed by atoms with Gasteiger partial charge < -0.3 is 5.32 Å². The normalized spacial score (nSPS) is 16.1. The zero-order chi connectivity index (χ0) is 19.9. The van der Waals surface area contributed by atoms with Crippen LogP contribution in [0.3, 0.4) is 0 Å². The van der Waals surface area contributed by atoms with Gasteiger partial charge in [-0.15, -0.1) is 0 Å². The largest absolute Gasteiger partial charge is 0.356 e. The molecular formula is C23H32N4O. The Morgan fingerprint density at radius 1 is 1.29 bits per heavy atom. The smallest absolute Gasteiger partial charge is 0.216 e. The van der Waals surface area contributed by atoms with E-state index in [4.69, 9.17) is 9.97 Å². The van der Waals surface area contributed by atoms with E-state index in [1.165, 1.54) is 28.8 Å². The summed E-state index contributed by atoms with van der Waals surface area (Å²) in [6.07, 6.45) is 9.37. The van der Waals surface area contributed by atoms with E-state index in [-0.39, 0.29) is 5.91 Å². The van der Waals surface area contributed by atoms with Crippen LogP contribution in [0.1, 0.15) is 66.7 Å². The number of carbonyl (C=O) groups excluding carboxylic acids is 1. The Morgan fingerprint density at radius 2 is 2.14 bits per heavy atom. The van der Waals surface area contributed by atoms with Crippen LogP contribution in [0.25, 0.3) is 0 Å². The number of hydrogen-bond acceptors (Lipinski definition) is 4. The van der Waals surface area contributed by atoms with Gasteiger partial charge in [0.25, 0.3) is 0 Å². The molecule has 1 aliphatic rings. The third-order valence-corrected chi connectivity index (χ3v) is 5.53. The van der Waals surface area contributed by atoms with E-state index in [1.807, 2.05) is 18.5 Å². The minimum absolute atomic E-state index is 0.0433. The van der Waals surface area contributed by atoms with Crippen LogP contribution in [0.5, 0.6) is 0 Å². The molecule has 2 aromatic rings. The maximum Gasteiger partial charge on any atom is 0.216 e. The van der Waals surface area contributed by atoms with Crippen LogP contribution in [0.4, 0.5) is 0 Å². The van der Waals surface area contributed by atoms with Crippen molar-refractivity contribution in [2.45, 2.75) is 65.5 Å². The van der Waals surface area contributed by atoms with E-state index in [0.29, 0.717) is 6.04 Å². The first-order valence-corrected chi connectivity index (χ1v) is 10.4. The average molecular weight is 381 g/mol. The summed E-state index contributed by atoms with van der Waals surface area (Å²) in [7, 11) is 0. The number of hydrogen-bond donors (Lipinski definition) is 1. The molecule has 1 N–H and O–H groups in total. The molecule has 0 bridgehead atoms. The van der Waals surface area contributed by atoms with Crippen molar-refractivity contribution < 1.29 is 4.79 Å². The van der Waals surface area contributed by atoms with Crippen molar-refractivity contribution in [1.29, 1.82) is 0 Å². The predicted octanol–water partition coefficient (Wildman–Crippen LogP) is 3.89. The van der Waals surface area contributed by atoms with Crippen LogP contribution in [-0.4, -0.2) is 33.9 Å². The van der Waals surface area contributed by atoms with E-state index in [2.05, 4.69) is 36.2 Å². The highest BCUT2D eigenvalue weighted by Gasteiger charge is 2.27. The zero-order valence-electron chi connectivity index (χ0n) is 17.4. The lowest BCUT2D eigenvalue weighted by Gasteiger charge is -2.35. The van der Waals surface area contributed by atoms with Gasteiger partial charge in [0.1, 0.15) is 0 Å². The first kappa shape index (κ1) is 20.5. The maximum absolute atomic E-state index is 11.1. The summed E-state index contributed by atoms with van der Waals surface area (Å²) < 4.78 is 0. The van der Waals surface area contributed by atoms with Crippen molar-refractivity contribution in [2.24, 2.45) is 0 Å². The molecule has 5 heteroatoms. The average Bonchev–Trinajstić information content (AvgIpc) is 2.68. The second kappa shape index (κ2) is 9.78. The van der Waals surface area contributed by atoms with Crippen molar-refractivity contribution in [3.8, 4) is 0 Å². The lowest BCUT2D eigenvalue weighted by molar-refractivity contribution is -0.118. The van der Waals surface area contributed by atoms with Crippen molar-refractivity contribution in [2.75, 3.05) is 13.1 Å². The number of pyridine rings is 2.